The maximum atomic E-state index is 12.8. The van der Waals surface area contributed by atoms with Crippen LogP contribution in [-0.2, 0) is 6.54 Å². The van der Waals surface area contributed by atoms with Gasteiger partial charge in [0.25, 0.3) is 0 Å². The summed E-state index contributed by atoms with van der Waals surface area (Å²) in [6.45, 7) is 0.792. The summed E-state index contributed by atoms with van der Waals surface area (Å²) in [4.78, 5) is 0. The second-order valence-corrected chi connectivity index (χ2v) is 5.80. The Balaban J connectivity index is 1.49. The Morgan fingerprint density at radius 3 is 2.45 bits per heavy atom. The molecule has 1 fully saturated rings. The summed E-state index contributed by atoms with van der Waals surface area (Å²) >= 11 is 6.21. The predicted molar refractivity (Wildman–Crippen MR) is 80.5 cm³/mol. The van der Waals surface area contributed by atoms with Crippen molar-refractivity contribution in [2.75, 3.05) is 0 Å². The number of halogens is 2. The van der Waals surface area contributed by atoms with Crippen LogP contribution in [-0.4, -0.2) is 6.04 Å². The van der Waals surface area contributed by atoms with Gasteiger partial charge in [0.15, 0.2) is 0 Å². The van der Waals surface area contributed by atoms with Crippen molar-refractivity contribution >= 4 is 11.6 Å². The van der Waals surface area contributed by atoms with Gasteiger partial charge < -0.3 is 5.32 Å². The van der Waals surface area contributed by atoms with E-state index in [9.17, 15) is 4.39 Å². The van der Waals surface area contributed by atoms with Gasteiger partial charge >= 0.3 is 0 Å². The first-order valence-electron chi connectivity index (χ1n) is 6.94. The zero-order valence-electron chi connectivity index (χ0n) is 11.2. The van der Waals surface area contributed by atoms with Crippen LogP contribution in [0, 0.1) is 5.82 Å². The minimum Gasteiger partial charge on any atom is -0.310 e. The Kier molecular flexibility index (Phi) is 4.04. The molecule has 0 unspecified atom stereocenters. The summed E-state index contributed by atoms with van der Waals surface area (Å²) < 4.78 is 12.8. The molecule has 0 bridgehead atoms. The topological polar surface area (TPSA) is 12.0 Å². The van der Waals surface area contributed by atoms with Gasteiger partial charge in [-0.3, -0.25) is 0 Å². The molecule has 1 aliphatic rings. The molecule has 1 aliphatic carbocycles. The number of nitrogens with one attached hydrogen (secondary N) is 1. The molecule has 2 aromatic carbocycles. The summed E-state index contributed by atoms with van der Waals surface area (Å²) in [5.74, 6) is 0.380. The summed E-state index contributed by atoms with van der Waals surface area (Å²) in [7, 11) is 0. The van der Waals surface area contributed by atoms with Gasteiger partial charge in [-0.05, 0) is 48.1 Å². The lowest BCUT2D eigenvalue weighted by atomic mass is 9.76. The fourth-order valence-electron chi connectivity index (χ4n) is 2.71. The maximum Gasteiger partial charge on any atom is 0.123 e. The Morgan fingerprint density at radius 2 is 1.75 bits per heavy atom. The molecule has 0 amide bonds. The zero-order valence-corrected chi connectivity index (χ0v) is 11.9. The molecule has 1 saturated carbocycles. The summed E-state index contributed by atoms with van der Waals surface area (Å²) in [6, 6.07) is 15.3. The molecule has 0 saturated heterocycles. The Labute approximate surface area is 123 Å². The molecule has 104 valence electrons. The molecule has 0 spiro atoms. The number of benzene rings is 2. The fraction of sp³-hybridized carbons (Fsp3) is 0.294. The highest BCUT2D eigenvalue weighted by molar-refractivity contribution is 6.31. The second-order valence-electron chi connectivity index (χ2n) is 5.39. The molecule has 20 heavy (non-hydrogen) atoms. The lowest BCUT2D eigenvalue weighted by Crippen LogP contribution is -2.39. The molecule has 3 heteroatoms. The maximum absolute atomic E-state index is 12.8. The smallest absolute Gasteiger partial charge is 0.123 e. The minimum absolute atomic E-state index is 0.184. The lowest BCUT2D eigenvalue weighted by molar-refractivity contribution is 0.289. The van der Waals surface area contributed by atoms with Crippen molar-refractivity contribution in [3.05, 3.63) is 70.5 Å². The first kappa shape index (κ1) is 13.6. The van der Waals surface area contributed by atoms with Crippen molar-refractivity contribution < 1.29 is 4.39 Å². The van der Waals surface area contributed by atoms with Crippen molar-refractivity contribution in [2.45, 2.75) is 31.3 Å². The molecule has 0 radical (unpaired) electrons. The highest BCUT2D eigenvalue weighted by Gasteiger charge is 2.30. The van der Waals surface area contributed by atoms with Gasteiger partial charge in [0.1, 0.15) is 5.82 Å². The Hall–Kier alpha value is -1.38. The van der Waals surface area contributed by atoms with Crippen LogP contribution in [0.1, 0.15) is 29.9 Å². The van der Waals surface area contributed by atoms with Gasteiger partial charge in [0, 0.05) is 17.6 Å². The van der Waals surface area contributed by atoms with Gasteiger partial charge in [-0.1, -0.05) is 41.9 Å². The molecule has 3 rings (SSSR count). The fourth-order valence-corrected chi connectivity index (χ4v) is 3.00. The van der Waals surface area contributed by atoms with E-state index < -0.39 is 0 Å². The highest BCUT2D eigenvalue weighted by Crippen LogP contribution is 2.39. The third kappa shape index (κ3) is 3.02. The third-order valence-corrected chi connectivity index (χ3v) is 4.34. The van der Waals surface area contributed by atoms with E-state index in [4.69, 9.17) is 11.6 Å². The van der Waals surface area contributed by atoms with E-state index in [-0.39, 0.29) is 5.82 Å². The van der Waals surface area contributed by atoms with Gasteiger partial charge in [0.05, 0.1) is 0 Å². The second kappa shape index (κ2) is 5.94. The van der Waals surface area contributed by atoms with Gasteiger partial charge in [0.2, 0.25) is 0 Å². The van der Waals surface area contributed by atoms with Gasteiger partial charge in [-0.15, -0.1) is 0 Å². The predicted octanol–water partition coefficient (Wildman–Crippen LogP) is 4.51. The van der Waals surface area contributed by atoms with E-state index in [2.05, 4.69) is 11.4 Å². The molecule has 0 aromatic heterocycles. The van der Waals surface area contributed by atoms with Crippen molar-refractivity contribution in [3.63, 3.8) is 0 Å². The molecular formula is C17H17ClFN. The molecule has 1 nitrogen and oxygen atoms in total. The molecule has 0 aliphatic heterocycles. The van der Waals surface area contributed by atoms with Crippen molar-refractivity contribution in [1.82, 2.24) is 5.32 Å². The van der Waals surface area contributed by atoms with E-state index in [0.717, 1.165) is 30.0 Å². The van der Waals surface area contributed by atoms with Gasteiger partial charge in [-0.2, -0.15) is 0 Å². The number of hydrogen-bond donors (Lipinski definition) is 1. The van der Waals surface area contributed by atoms with Crippen LogP contribution in [0.25, 0.3) is 0 Å². The van der Waals surface area contributed by atoms with E-state index in [1.54, 1.807) is 0 Å². The zero-order chi connectivity index (χ0) is 13.9. The van der Waals surface area contributed by atoms with Crippen LogP contribution in [0.2, 0.25) is 5.02 Å². The first-order valence-corrected chi connectivity index (χ1v) is 7.32. The molecule has 0 heterocycles. The van der Waals surface area contributed by atoms with Crippen LogP contribution in [0.3, 0.4) is 0 Å². The molecular weight excluding hydrogens is 273 g/mol. The molecule has 0 atom stereocenters. The minimum atomic E-state index is -0.184. The largest absolute Gasteiger partial charge is 0.310 e. The van der Waals surface area contributed by atoms with E-state index in [1.165, 1.54) is 17.7 Å². The van der Waals surface area contributed by atoms with Crippen LogP contribution < -0.4 is 5.32 Å². The van der Waals surface area contributed by atoms with E-state index in [1.807, 2.05) is 30.3 Å². The lowest BCUT2D eigenvalue weighted by Gasteiger charge is -2.37. The van der Waals surface area contributed by atoms with Crippen LogP contribution in [0.5, 0.6) is 0 Å². The Morgan fingerprint density at radius 1 is 1.05 bits per heavy atom. The van der Waals surface area contributed by atoms with E-state index >= 15 is 0 Å². The Bertz CT molecular complexity index is 576. The van der Waals surface area contributed by atoms with Crippen LogP contribution >= 0.6 is 11.6 Å². The third-order valence-electron chi connectivity index (χ3n) is 3.99. The SMILES string of the molecule is Fc1ccc(CNC2CC(c3ccccc3Cl)C2)cc1. The number of hydrogen-bond acceptors (Lipinski definition) is 1. The van der Waals surface area contributed by atoms with Gasteiger partial charge in [-0.25, -0.2) is 4.39 Å². The van der Waals surface area contributed by atoms with Crippen molar-refractivity contribution in [1.29, 1.82) is 0 Å². The average Bonchev–Trinajstić information content (AvgIpc) is 2.41. The first-order chi connectivity index (χ1) is 9.72. The number of rotatable bonds is 4. The summed E-state index contributed by atoms with van der Waals surface area (Å²) in [6.07, 6.45) is 2.23. The molecule has 2 aromatic rings. The van der Waals surface area contributed by atoms with Crippen molar-refractivity contribution in [3.8, 4) is 0 Å². The van der Waals surface area contributed by atoms with E-state index in [0.29, 0.717) is 12.0 Å². The average molecular weight is 290 g/mol. The summed E-state index contributed by atoms with van der Waals surface area (Å²) in [5.41, 5.74) is 2.38. The quantitative estimate of drug-likeness (QED) is 0.873. The monoisotopic (exact) mass is 289 g/mol. The highest BCUT2D eigenvalue weighted by atomic mass is 35.5. The normalized spacial score (nSPS) is 21.5. The standard InChI is InChI=1S/C17H17ClFN/c18-17-4-2-1-3-16(17)13-9-15(10-13)20-11-12-5-7-14(19)8-6-12/h1-8,13,15,20H,9-11H2. The summed E-state index contributed by atoms with van der Waals surface area (Å²) in [5, 5.41) is 4.38. The van der Waals surface area contributed by atoms with Crippen LogP contribution in [0.15, 0.2) is 48.5 Å². The van der Waals surface area contributed by atoms with Crippen LogP contribution in [0.4, 0.5) is 4.39 Å². The van der Waals surface area contributed by atoms with Crippen molar-refractivity contribution in [2.24, 2.45) is 0 Å². The molecule has 1 N–H and O–H groups in total.